The second-order valence-electron chi connectivity index (χ2n) is 10.9. The molecule has 22 nitrogen and oxygen atoms in total. The van der Waals surface area contributed by atoms with Crippen molar-refractivity contribution < 1.29 is 108 Å². The Morgan fingerprint density at radius 1 is 0.661 bits per heavy atom. The third kappa shape index (κ3) is 17.1. The van der Waals surface area contributed by atoms with Gasteiger partial charge in [0.25, 0.3) is 0 Å². The highest BCUT2D eigenvalue weighted by atomic mass is 17.1. The molecule has 0 amide bonds. The van der Waals surface area contributed by atoms with Crippen molar-refractivity contribution in [1.82, 2.24) is 0 Å². The molecule has 308 valence electrons. The van der Waals surface area contributed by atoms with Crippen LogP contribution in [0.25, 0.3) is 0 Å². The molecule has 0 aliphatic heterocycles. The summed E-state index contributed by atoms with van der Waals surface area (Å²) in [5.41, 5.74) is -1.86. The summed E-state index contributed by atoms with van der Waals surface area (Å²) in [5.74, 6) is -11.0. The zero-order chi connectivity index (χ0) is 43.1. The maximum absolute atomic E-state index is 12.0. The van der Waals surface area contributed by atoms with Gasteiger partial charge in [-0.05, 0) is 55.2 Å². The van der Waals surface area contributed by atoms with Crippen LogP contribution in [0.15, 0.2) is 30.3 Å². The van der Waals surface area contributed by atoms with Crippen LogP contribution in [0.4, 0.5) is 0 Å². The summed E-state index contributed by atoms with van der Waals surface area (Å²) in [7, 11) is 1.17. The number of rotatable bonds is 19. The highest BCUT2D eigenvalue weighted by Crippen LogP contribution is 2.21. The molecule has 0 aliphatic rings. The van der Waals surface area contributed by atoms with Gasteiger partial charge in [0.05, 0.1) is 53.4 Å². The fraction of sp³-hybridized carbons (Fsp3) is 0.382. The van der Waals surface area contributed by atoms with Gasteiger partial charge in [0.2, 0.25) is 6.79 Å². The Kier molecular flexibility index (Phi) is 22.6. The first-order valence-electron chi connectivity index (χ1n) is 15.8. The minimum absolute atomic E-state index is 0.0447. The Hall–Kier alpha value is -6.49. The Labute approximate surface area is 316 Å². The van der Waals surface area contributed by atoms with Gasteiger partial charge in [-0.2, -0.15) is 0 Å². The van der Waals surface area contributed by atoms with E-state index in [4.69, 9.17) is 40.8 Å². The third-order valence-electron chi connectivity index (χ3n) is 6.97. The second-order valence-corrected chi connectivity index (χ2v) is 10.9. The summed E-state index contributed by atoms with van der Waals surface area (Å²) in [4.78, 5) is 107. The van der Waals surface area contributed by atoms with Crippen molar-refractivity contribution in [2.75, 3.05) is 20.5 Å². The normalized spacial score (nSPS) is 11.1. The number of carboxylic acids is 5. The molecule has 56 heavy (non-hydrogen) atoms. The van der Waals surface area contributed by atoms with Crippen LogP contribution in [-0.4, -0.2) is 110 Å². The highest BCUT2D eigenvalue weighted by Gasteiger charge is 2.25. The average molecular weight is 801 g/mol. The summed E-state index contributed by atoms with van der Waals surface area (Å²) in [5, 5.41) is 60.8. The lowest BCUT2D eigenvalue weighted by molar-refractivity contribution is -0.253. The molecule has 0 heterocycles. The number of methoxy groups -OCH3 is 1. The molecule has 0 radical (unpaired) electrons. The molecule has 0 aliphatic carbocycles. The van der Waals surface area contributed by atoms with E-state index in [1.165, 1.54) is 25.3 Å². The van der Waals surface area contributed by atoms with Gasteiger partial charge in [-0.15, -0.1) is 0 Å². The zero-order valence-corrected chi connectivity index (χ0v) is 30.2. The highest BCUT2D eigenvalue weighted by molar-refractivity contribution is 6.05. The van der Waals surface area contributed by atoms with Crippen LogP contribution in [-0.2, 0) is 61.1 Å². The van der Waals surface area contributed by atoms with E-state index in [0.29, 0.717) is 31.1 Å². The number of esters is 4. The molecule has 7 N–H and O–H groups in total. The molecular weight excluding hydrogens is 760 g/mol. The van der Waals surface area contributed by atoms with Gasteiger partial charge in [0.1, 0.15) is 19.6 Å². The number of benzene rings is 2. The summed E-state index contributed by atoms with van der Waals surface area (Å²) in [6.07, 6.45) is 0.0126. The lowest BCUT2D eigenvalue weighted by Crippen LogP contribution is -2.22. The number of aromatic carboxylic acids is 3. The standard InChI is InChI=1S/C14H12O12.C10H10O6.C10H18O4/c15-10(16)3-11(17)24-5-25-14(22)7-2-9(13(20)21)8(12(18)19)1-6(7)4-26-23;1-15-10(13)7-3-2-6(5-16-14)4-8(7)9(11)12;1-4-8(10(13)14-5-2)6-7(3)9(11)12/h1-2,23H,3-5H2,(H,15,16)(H,18,19)(H,20,21);2-4,14H,5H2,1H3,(H,11,12);7-8H,4-6H2,1-3H3,(H,11,12). The van der Waals surface area contributed by atoms with Crippen LogP contribution in [0.5, 0.6) is 0 Å². The number of carbonyl (C=O) groups excluding carboxylic acids is 4. The van der Waals surface area contributed by atoms with Crippen LogP contribution >= 0.6 is 0 Å². The Morgan fingerprint density at radius 2 is 1.21 bits per heavy atom. The van der Waals surface area contributed by atoms with E-state index in [9.17, 15) is 43.2 Å². The maximum atomic E-state index is 12.0. The minimum atomic E-state index is -1.64. The monoisotopic (exact) mass is 800 g/mol. The van der Waals surface area contributed by atoms with Crippen molar-refractivity contribution in [3.8, 4) is 0 Å². The SMILES string of the molecule is CCOC(=O)C(CC)CC(C)C(=O)O.COC(=O)c1ccc(COO)cc1C(=O)O.O=C(O)CC(=O)OCOC(=O)c1cc(C(=O)O)c(C(=O)O)cc1COO. The Bertz CT molecular complexity index is 1730. The number of hydrogen-bond acceptors (Lipinski definition) is 17. The molecular formula is C34H40O22. The summed E-state index contributed by atoms with van der Waals surface area (Å²) >= 11 is 0. The van der Waals surface area contributed by atoms with Gasteiger partial charge in [0, 0.05) is 0 Å². The van der Waals surface area contributed by atoms with Gasteiger partial charge in [-0.25, -0.2) is 33.7 Å². The van der Waals surface area contributed by atoms with Crippen molar-refractivity contribution in [2.24, 2.45) is 11.8 Å². The van der Waals surface area contributed by atoms with Crippen LogP contribution < -0.4 is 0 Å². The lowest BCUT2D eigenvalue weighted by atomic mass is 9.94. The molecule has 0 saturated heterocycles. The lowest BCUT2D eigenvalue weighted by Gasteiger charge is -2.15. The molecule has 2 aromatic carbocycles. The Balaban J connectivity index is 0.000000867. The molecule has 0 spiro atoms. The first-order chi connectivity index (χ1) is 26.3. The van der Waals surface area contributed by atoms with Crippen molar-refractivity contribution in [1.29, 1.82) is 0 Å². The van der Waals surface area contributed by atoms with E-state index in [0.717, 1.165) is 6.07 Å². The van der Waals surface area contributed by atoms with Gasteiger partial charge >= 0.3 is 53.7 Å². The minimum Gasteiger partial charge on any atom is -0.481 e. The Morgan fingerprint density at radius 3 is 1.68 bits per heavy atom. The van der Waals surface area contributed by atoms with Crippen molar-refractivity contribution in [3.63, 3.8) is 0 Å². The molecule has 22 heteroatoms. The smallest absolute Gasteiger partial charge is 0.341 e. The first kappa shape index (κ1) is 49.5. The largest absolute Gasteiger partial charge is 0.481 e. The zero-order valence-electron chi connectivity index (χ0n) is 30.2. The second kappa shape index (κ2) is 25.5. The molecule has 2 atom stereocenters. The van der Waals surface area contributed by atoms with Gasteiger partial charge < -0.3 is 44.5 Å². The van der Waals surface area contributed by atoms with Gasteiger partial charge in [0.15, 0.2) is 0 Å². The van der Waals surface area contributed by atoms with E-state index in [1.807, 2.05) is 6.92 Å². The number of aliphatic carboxylic acids is 2. The predicted octanol–water partition coefficient (Wildman–Crippen LogP) is 3.05. The maximum Gasteiger partial charge on any atom is 0.341 e. The van der Waals surface area contributed by atoms with Crippen molar-refractivity contribution in [2.45, 2.75) is 53.2 Å². The van der Waals surface area contributed by atoms with E-state index in [-0.39, 0.29) is 35.2 Å². The van der Waals surface area contributed by atoms with Crippen molar-refractivity contribution >= 4 is 53.7 Å². The van der Waals surface area contributed by atoms with Crippen LogP contribution in [0.2, 0.25) is 0 Å². The third-order valence-corrected chi connectivity index (χ3v) is 6.97. The van der Waals surface area contributed by atoms with Crippen molar-refractivity contribution in [3.05, 3.63) is 69.3 Å². The molecule has 0 bridgehead atoms. The topological polar surface area (TPSA) is 351 Å². The molecule has 2 rings (SSSR count). The van der Waals surface area contributed by atoms with Gasteiger partial charge in [-0.3, -0.25) is 29.7 Å². The molecule has 0 saturated carbocycles. The number of hydrogen-bond donors (Lipinski definition) is 7. The molecule has 2 aromatic rings. The predicted molar refractivity (Wildman–Crippen MR) is 180 cm³/mol. The number of carbonyl (C=O) groups is 9. The number of ether oxygens (including phenoxy) is 4. The van der Waals surface area contributed by atoms with E-state index < -0.39 is 90.2 Å². The van der Waals surface area contributed by atoms with E-state index >= 15 is 0 Å². The molecule has 0 fully saturated rings. The van der Waals surface area contributed by atoms with Gasteiger partial charge in [-0.1, -0.05) is 19.9 Å². The molecule has 0 aromatic heterocycles. The van der Waals surface area contributed by atoms with Crippen LogP contribution in [0.3, 0.4) is 0 Å². The van der Waals surface area contributed by atoms with Crippen LogP contribution in [0, 0.1) is 11.8 Å². The van der Waals surface area contributed by atoms with E-state index in [2.05, 4.69) is 24.0 Å². The fourth-order valence-electron chi connectivity index (χ4n) is 4.22. The first-order valence-corrected chi connectivity index (χ1v) is 15.8. The van der Waals surface area contributed by atoms with E-state index in [1.54, 1.807) is 13.8 Å². The quantitative estimate of drug-likeness (QED) is 0.0268. The summed E-state index contributed by atoms with van der Waals surface area (Å²) < 4.78 is 18.2. The summed E-state index contributed by atoms with van der Waals surface area (Å²) in [6.45, 7) is 3.76. The molecule has 2 unspecified atom stereocenters. The number of carboxylic acid groups (broad SMARTS) is 5. The fourth-order valence-corrected chi connectivity index (χ4v) is 4.22. The average Bonchev–Trinajstić information content (AvgIpc) is 3.13. The van der Waals surface area contributed by atoms with Crippen LogP contribution in [0.1, 0.15) is 103 Å². The summed E-state index contributed by atoms with van der Waals surface area (Å²) in [6, 6.07) is 5.51.